The van der Waals surface area contributed by atoms with Crippen LogP contribution in [0, 0.1) is 11.3 Å². The fraction of sp³-hybridized carbons (Fsp3) is 0.346. The molecule has 34 heavy (non-hydrogen) atoms. The molecule has 4 rings (SSSR count). The Balaban J connectivity index is 1.35. The van der Waals surface area contributed by atoms with Crippen molar-refractivity contribution in [2.45, 2.75) is 13.3 Å². The van der Waals surface area contributed by atoms with Gasteiger partial charge in [0.15, 0.2) is 0 Å². The van der Waals surface area contributed by atoms with E-state index in [2.05, 4.69) is 16.0 Å². The molecule has 0 unspecified atom stereocenters. The molecule has 0 aliphatic carbocycles. The van der Waals surface area contributed by atoms with E-state index >= 15 is 0 Å². The number of aromatic nitrogens is 1. The lowest BCUT2D eigenvalue weighted by molar-refractivity contribution is -0.120. The summed E-state index contributed by atoms with van der Waals surface area (Å²) in [5.41, 5.74) is 2.28. The molecule has 2 heterocycles. The van der Waals surface area contributed by atoms with E-state index in [4.69, 9.17) is 10.00 Å². The van der Waals surface area contributed by atoms with Gasteiger partial charge in [0.2, 0.25) is 5.91 Å². The first-order chi connectivity index (χ1) is 16.6. The van der Waals surface area contributed by atoms with E-state index in [1.54, 1.807) is 4.90 Å². The number of hydrogen-bond donors (Lipinski definition) is 1. The molecule has 1 N–H and O–H groups in total. The second-order valence-electron chi connectivity index (χ2n) is 8.22. The van der Waals surface area contributed by atoms with Gasteiger partial charge in [0, 0.05) is 49.3 Å². The first kappa shape index (κ1) is 23.3. The molecule has 8 heteroatoms. The maximum atomic E-state index is 13.1. The number of aromatic amines is 1. The Hall–Kier alpha value is -3.83. The molecule has 3 aromatic rings. The van der Waals surface area contributed by atoms with Gasteiger partial charge in [-0.15, -0.1) is 0 Å². The monoisotopic (exact) mass is 459 g/mol. The van der Waals surface area contributed by atoms with E-state index in [0.717, 1.165) is 22.3 Å². The third kappa shape index (κ3) is 5.38. The third-order valence-corrected chi connectivity index (χ3v) is 5.99. The van der Waals surface area contributed by atoms with Gasteiger partial charge in [-0.25, -0.2) is 0 Å². The number of benzene rings is 2. The van der Waals surface area contributed by atoms with Crippen LogP contribution < -0.4 is 9.64 Å². The molecule has 0 atom stereocenters. The summed E-state index contributed by atoms with van der Waals surface area (Å²) in [6.45, 7) is 5.43. The predicted molar refractivity (Wildman–Crippen MR) is 131 cm³/mol. The Morgan fingerprint density at radius 1 is 1.09 bits per heavy atom. The predicted octanol–water partition coefficient (Wildman–Crippen LogP) is 3.27. The zero-order chi connectivity index (χ0) is 23.9. The molecule has 8 nitrogen and oxygen atoms in total. The second kappa shape index (κ2) is 10.9. The number of anilines is 1. The van der Waals surface area contributed by atoms with E-state index in [1.165, 1.54) is 0 Å². The van der Waals surface area contributed by atoms with Crippen LogP contribution in [0.3, 0.4) is 0 Å². The quantitative estimate of drug-likeness (QED) is 0.558. The van der Waals surface area contributed by atoms with Crippen LogP contribution in [0.1, 0.15) is 23.8 Å². The highest BCUT2D eigenvalue weighted by Gasteiger charge is 2.26. The van der Waals surface area contributed by atoms with Gasteiger partial charge < -0.3 is 19.5 Å². The lowest BCUT2D eigenvalue weighted by Gasteiger charge is -2.35. The van der Waals surface area contributed by atoms with E-state index in [9.17, 15) is 9.59 Å². The van der Waals surface area contributed by atoms with E-state index < -0.39 is 0 Å². The summed E-state index contributed by atoms with van der Waals surface area (Å²) in [7, 11) is 0. The van der Waals surface area contributed by atoms with Gasteiger partial charge in [-0.1, -0.05) is 18.2 Å². The van der Waals surface area contributed by atoms with Gasteiger partial charge in [0.1, 0.15) is 11.4 Å². The summed E-state index contributed by atoms with van der Waals surface area (Å²) >= 11 is 0. The smallest absolute Gasteiger partial charge is 0.270 e. The molecule has 0 bridgehead atoms. The minimum atomic E-state index is -0.0604. The van der Waals surface area contributed by atoms with Crippen LogP contribution in [0.5, 0.6) is 5.75 Å². The van der Waals surface area contributed by atoms with Crippen LogP contribution in [-0.4, -0.2) is 72.5 Å². The fourth-order valence-corrected chi connectivity index (χ4v) is 4.19. The maximum Gasteiger partial charge on any atom is 0.270 e. The number of hydrogen-bond acceptors (Lipinski definition) is 5. The summed E-state index contributed by atoms with van der Waals surface area (Å²) in [4.78, 5) is 34.8. The number of nitriles is 1. The van der Waals surface area contributed by atoms with E-state index in [0.29, 0.717) is 45.0 Å². The van der Waals surface area contributed by atoms with Crippen LogP contribution in [-0.2, 0) is 4.79 Å². The van der Waals surface area contributed by atoms with Crippen molar-refractivity contribution in [2.24, 2.45) is 0 Å². The number of carbonyl (C=O) groups excluding carboxylic acids is 2. The van der Waals surface area contributed by atoms with Gasteiger partial charge in [0.05, 0.1) is 25.6 Å². The van der Waals surface area contributed by atoms with Gasteiger partial charge in [0.25, 0.3) is 5.91 Å². The number of amides is 2. The van der Waals surface area contributed by atoms with Crippen molar-refractivity contribution in [3.63, 3.8) is 0 Å². The minimum Gasteiger partial charge on any atom is -0.494 e. The lowest BCUT2D eigenvalue weighted by Crippen LogP contribution is -2.51. The molecule has 1 aliphatic rings. The number of fused-ring (bicyclic) bond motifs is 1. The normalized spacial score (nSPS) is 14.1. The number of H-pyrrole nitrogens is 1. The third-order valence-electron chi connectivity index (χ3n) is 5.99. The number of carbonyl (C=O) groups is 2. The zero-order valence-electron chi connectivity index (χ0n) is 19.4. The summed E-state index contributed by atoms with van der Waals surface area (Å²) in [6.07, 6.45) is 0.256. The van der Waals surface area contributed by atoms with Crippen LogP contribution in [0.15, 0.2) is 54.6 Å². The van der Waals surface area contributed by atoms with Gasteiger partial charge in [-0.3, -0.25) is 14.5 Å². The molecular weight excluding hydrogens is 430 g/mol. The summed E-state index contributed by atoms with van der Waals surface area (Å²) in [6, 6.07) is 19.2. The highest BCUT2D eigenvalue weighted by Crippen LogP contribution is 2.21. The first-order valence-electron chi connectivity index (χ1n) is 11.6. The Bertz CT molecular complexity index is 1140. The standard InChI is InChI=1S/C26H29N5O3/c1-2-34-22-10-8-21(9-11-22)31(13-5-12-27)25(32)19-29-14-16-30(17-15-29)26(33)24-18-20-6-3-4-7-23(20)28-24/h3-4,6-11,18,28H,2,5,13-17,19H2,1H3. The van der Waals surface area contributed by atoms with Crippen molar-refractivity contribution in [1.82, 2.24) is 14.8 Å². The van der Waals surface area contributed by atoms with E-state index in [-0.39, 0.29) is 24.8 Å². The number of piperazine rings is 1. The first-order valence-corrected chi connectivity index (χ1v) is 11.6. The summed E-state index contributed by atoms with van der Waals surface area (Å²) in [5, 5.41) is 10.1. The second-order valence-corrected chi connectivity index (χ2v) is 8.22. The molecule has 1 saturated heterocycles. The van der Waals surface area contributed by atoms with Gasteiger partial charge in [-0.05, 0) is 43.3 Å². The topological polar surface area (TPSA) is 92.7 Å². The number of para-hydroxylation sites is 1. The minimum absolute atomic E-state index is 0.0211. The van der Waals surface area contributed by atoms with Crippen molar-refractivity contribution in [2.75, 3.05) is 50.8 Å². The van der Waals surface area contributed by atoms with Crippen molar-refractivity contribution in [1.29, 1.82) is 5.26 Å². The molecule has 1 fully saturated rings. The van der Waals surface area contributed by atoms with Gasteiger partial charge in [-0.2, -0.15) is 5.26 Å². The van der Waals surface area contributed by atoms with Crippen molar-refractivity contribution in [3.8, 4) is 11.8 Å². The largest absolute Gasteiger partial charge is 0.494 e. The van der Waals surface area contributed by atoms with Crippen LogP contribution in [0.25, 0.3) is 10.9 Å². The highest BCUT2D eigenvalue weighted by molar-refractivity contribution is 5.98. The van der Waals surface area contributed by atoms with Crippen molar-refractivity contribution in [3.05, 3.63) is 60.3 Å². The average molecular weight is 460 g/mol. The van der Waals surface area contributed by atoms with Crippen LogP contribution in [0.4, 0.5) is 5.69 Å². The molecule has 0 spiro atoms. The van der Waals surface area contributed by atoms with Crippen molar-refractivity contribution >= 4 is 28.4 Å². The van der Waals surface area contributed by atoms with Gasteiger partial charge >= 0.3 is 0 Å². The number of nitrogens with zero attached hydrogens (tertiary/aromatic N) is 4. The molecule has 176 valence electrons. The molecule has 2 amide bonds. The number of rotatable bonds is 8. The van der Waals surface area contributed by atoms with Crippen LogP contribution in [0.2, 0.25) is 0 Å². The lowest BCUT2D eigenvalue weighted by atomic mass is 10.2. The number of ether oxygens (including phenoxy) is 1. The molecule has 2 aromatic carbocycles. The Morgan fingerprint density at radius 3 is 2.50 bits per heavy atom. The number of nitrogens with one attached hydrogen (secondary N) is 1. The SMILES string of the molecule is CCOc1ccc(N(CCC#N)C(=O)CN2CCN(C(=O)c3cc4ccccc4[nH]3)CC2)cc1. The van der Waals surface area contributed by atoms with E-state index in [1.807, 2.05) is 66.4 Å². The summed E-state index contributed by atoms with van der Waals surface area (Å²) in [5.74, 6) is 0.664. The molecule has 0 saturated carbocycles. The Morgan fingerprint density at radius 2 is 1.82 bits per heavy atom. The molecular formula is C26H29N5O3. The van der Waals surface area contributed by atoms with Crippen molar-refractivity contribution < 1.29 is 14.3 Å². The Labute approximate surface area is 199 Å². The molecule has 1 aromatic heterocycles. The highest BCUT2D eigenvalue weighted by atomic mass is 16.5. The van der Waals surface area contributed by atoms with Crippen LogP contribution >= 0.6 is 0 Å². The average Bonchev–Trinajstić information content (AvgIpc) is 3.30. The zero-order valence-corrected chi connectivity index (χ0v) is 19.4. The Kier molecular flexibility index (Phi) is 7.45. The molecule has 0 radical (unpaired) electrons. The maximum absolute atomic E-state index is 13.1. The molecule has 1 aliphatic heterocycles. The fourth-order valence-electron chi connectivity index (χ4n) is 4.19. The summed E-state index contributed by atoms with van der Waals surface area (Å²) < 4.78 is 5.48.